The summed E-state index contributed by atoms with van der Waals surface area (Å²) >= 11 is 4.34. The lowest BCUT2D eigenvalue weighted by molar-refractivity contribution is -0.146. The van der Waals surface area contributed by atoms with Gasteiger partial charge in [-0.15, -0.1) is 11.3 Å². The molecule has 1 unspecified atom stereocenters. The van der Waals surface area contributed by atoms with Gasteiger partial charge >= 0.3 is 6.09 Å². The second-order valence-corrected chi connectivity index (χ2v) is 8.39. The van der Waals surface area contributed by atoms with Crippen LogP contribution in [-0.4, -0.2) is 23.5 Å². The van der Waals surface area contributed by atoms with E-state index >= 15 is 0 Å². The molecule has 0 saturated heterocycles. The molecule has 0 saturated carbocycles. The summed E-state index contributed by atoms with van der Waals surface area (Å²) in [5.74, 6) is -1.23. The number of nitrogens with one attached hydrogen (secondary N) is 1. The summed E-state index contributed by atoms with van der Waals surface area (Å²) in [4.78, 5) is 35.8. The van der Waals surface area contributed by atoms with Crippen LogP contribution in [0.4, 0.5) is 10.5 Å². The van der Waals surface area contributed by atoms with Gasteiger partial charge in [0.2, 0.25) is 0 Å². The van der Waals surface area contributed by atoms with Crippen molar-refractivity contribution in [1.29, 1.82) is 0 Å². The van der Waals surface area contributed by atoms with Gasteiger partial charge in [0.15, 0.2) is 5.60 Å². The van der Waals surface area contributed by atoms with Crippen molar-refractivity contribution in [3.8, 4) is 0 Å². The van der Waals surface area contributed by atoms with E-state index in [0.717, 1.165) is 11.3 Å². The molecule has 1 heterocycles. The average Bonchev–Trinajstić information content (AvgIpc) is 2.75. The Morgan fingerprint density at radius 2 is 1.87 bits per heavy atom. The van der Waals surface area contributed by atoms with Crippen LogP contribution in [0.2, 0.25) is 0 Å². The highest BCUT2D eigenvalue weighted by Gasteiger charge is 2.51. The molecule has 0 aromatic carbocycles. The van der Waals surface area contributed by atoms with Crippen LogP contribution in [-0.2, 0) is 9.53 Å². The largest absolute Gasteiger partial charge is 0.432 e. The number of rotatable bonds is 5. The SMILES string of the molecule is CCC(OC(N)=O)(C(=O)Nc1cc(Br)sc1C(N)=O)C(C)(C)C. The van der Waals surface area contributed by atoms with E-state index < -0.39 is 28.9 Å². The van der Waals surface area contributed by atoms with Crippen molar-refractivity contribution in [2.24, 2.45) is 16.9 Å². The molecule has 0 spiro atoms. The number of amides is 3. The summed E-state index contributed by atoms with van der Waals surface area (Å²) in [5.41, 5.74) is 8.50. The van der Waals surface area contributed by atoms with Gasteiger partial charge in [-0.3, -0.25) is 9.59 Å². The Hall–Kier alpha value is -1.61. The van der Waals surface area contributed by atoms with Crippen LogP contribution in [0, 0.1) is 5.41 Å². The lowest BCUT2D eigenvalue weighted by atomic mass is 9.73. The molecule has 0 aliphatic heterocycles. The number of carbonyl (C=O) groups excluding carboxylic acids is 3. The van der Waals surface area contributed by atoms with Gasteiger partial charge in [-0.1, -0.05) is 27.7 Å². The van der Waals surface area contributed by atoms with E-state index in [4.69, 9.17) is 16.2 Å². The van der Waals surface area contributed by atoms with Crippen LogP contribution < -0.4 is 16.8 Å². The molecule has 0 fully saturated rings. The third-order valence-corrected chi connectivity index (χ3v) is 5.18. The number of thiophene rings is 1. The molecule has 0 aliphatic rings. The van der Waals surface area contributed by atoms with E-state index in [2.05, 4.69) is 21.2 Å². The number of halogens is 1. The minimum absolute atomic E-state index is 0.197. The van der Waals surface area contributed by atoms with Gasteiger partial charge in [0.1, 0.15) is 4.88 Å². The first kappa shape index (κ1) is 19.4. The van der Waals surface area contributed by atoms with Gasteiger partial charge in [-0.05, 0) is 28.4 Å². The summed E-state index contributed by atoms with van der Waals surface area (Å²) in [6.07, 6.45) is -0.832. The molecule has 0 bridgehead atoms. The predicted molar refractivity (Wildman–Crippen MR) is 92.3 cm³/mol. The highest BCUT2D eigenvalue weighted by molar-refractivity contribution is 9.11. The summed E-state index contributed by atoms with van der Waals surface area (Å²) in [6.45, 7) is 7.00. The van der Waals surface area contributed by atoms with Gasteiger partial charge < -0.3 is 21.5 Å². The van der Waals surface area contributed by atoms with Crippen LogP contribution in [0.15, 0.2) is 9.85 Å². The number of anilines is 1. The monoisotopic (exact) mass is 405 g/mol. The first-order valence-electron chi connectivity index (χ1n) is 6.83. The average molecular weight is 406 g/mol. The molecule has 23 heavy (non-hydrogen) atoms. The lowest BCUT2D eigenvalue weighted by Gasteiger charge is -2.41. The van der Waals surface area contributed by atoms with Crippen molar-refractivity contribution in [1.82, 2.24) is 0 Å². The molecule has 1 atom stereocenters. The summed E-state index contributed by atoms with van der Waals surface area (Å²) in [7, 11) is 0. The zero-order valence-electron chi connectivity index (χ0n) is 13.4. The third-order valence-electron chi connectivity index (χ3n) is 3.53. The first-order valence-corrected chi connectivity index (χ1v) is 8.44. The van der Waals surface area contributed by atoms with Crippen LogP contribution in [0.3, 0.4) is 0 Å². The molecular formula is C14H20BrN3O4S. The Kier molecular flexibility index (Phi) is 5.81. The van der Waals surface area contributed by atoms with Crippen LogP contribution in [0.5, 0.6) is 0 Å². The zero-order chi connectivity index (χ0) is 18.0. The van der Waals surface area contributed by atoms with E-state index in [-0.39, 0.29) is 17.0 Å². The predicted octanol–water partition coefficient (Wildman–Crippen LogP) is 2.84. The minimum Gasteiger partial charge on any atom is -0.432 e. The maximum Gasteiger partial charge on any atom is 0.405 e. The van der Waals surface area contributed by atoms with Crippen molar-refractivity contribution in [3.63, 3.8) is 0 Å². The highest BCUT2D eigenvalue weighted by atomic mass is 79.9. The molecule has 7 nitrogen and oxygen atoms in total. The Bertz CT molecular complexity index is 638. The van der Waals surface area contributed by atoms with Crippen molar-refractivity contribution in [2.45, 2.75) is 39.7 Å². The summed E-state index contributed by atoms with van der Waals surface area (Å²) < 4.78 is 5.83. The third kappa shape index (κ3) is 4.03. The van der Waals surface area contributed by atoms with E-state index in [1.807, 2.05) is 0 Å². The fourth-order valence-corrected chi connectivity index (χ4v) is 3.74. The van der Waals surface area contributed by atoms with Crippen molar-refractivity contribution in [2.75, 3.05) is 5.32 Å². The number of hydrogen-bond acceptors (Lipinski definition) is 5. The smallest absolute Gasteiger partial charge is 0.405 e. The van der Waals surface area contributed by atoms with Crippen LogP contribution in [0.25, 0.3) is 0 Å². The Balaban J connectivity index is 3.27. The van der Waals surface area contributed by atoms with Crippen molar-refractivity contribution < 1.29 is 19.1 Å². The summed E-state index contributed by atoms with van der Waals surface area (Å²) in [5, 5.41) is 2.62. The Morgan fingerprint density at radius 3 is 2.26 bits per heavy atom. The first-order chi connectivity index (χ1) is 10.4. The molecular weight excluding hydrogens is 386 g/mol. The van der Waals surface area contributed by atoms with E-state index in [1.165, 1.54) is 0 Å². The number of nitrogens with two attached hydrogens (primary N) is 2. The fraction of sp³-hybridized carbons (Fsp3) is 0.500. The minimum atomic E-state index is -1.48. The molecule has 9 heteroatoms. The second-order valence-electron chi connectivity index (χ2n) is 5.96. The molecule has 5 N–H and O–H groups in total. The van der Waals surface area contributed by atoms with Gasteiger partial charge in [0.05, 0.1) is 9.47 Å². The fourth-order valence-electron chi connectivity index (χ4n) is 2.33. The molecule has 1 rings (SSSR count). The van der Waals surface area contributed by atoms with Gasteiger partial charge in [-0.25, -0.2) is 4.79 Å². The van der Waals surface area contributed by atoms with E-state index in [1.54, 1.807) is 33.8 Å². The molecule has 1 aromatic heterocycles. The van der Waals surface area contributed by atoms with E-state index in [0.29, 0.717) is 3.79 Å². The standard InChI is InChI=1S/C14H20BrN3O4S/c1-5-14(13(2,3)4,22-12(17)21)11(20)18-7-6-8(15)23-9(7)10(16)19/h6H,5H2,1-4H3,(H2,16,19)(H2,17,21)(H,18,20). The Labute approximate surface area is 146 Å². The van der Waals surface area contributed by atoms with Crippen LogP contribution in [0.1, 0.15) is 43.8 Å². The lowest BCUT2D eigenvalue weighted by Crippen LogP contribution is -2.56. The number of hydrogen-bond donors (Lipinski definition) is 3. The van der Waals surface area contributed by atoms with Gasteiger partial charge in [0, 0.05) is 5.41 Å². The van der Waals surface area contributed by atoms with Crippen LogP contribution >= 0.6 is 27.3 Å². The molecule has 0 radical (unpaired) electrons. The maximum atomic E-state index is 12.8. The zero-order valence-corrected chi connectivity index (χ0v) is 15.8. The number of ether oxygens (including phenoxy) is 1. The van der Waals surface area contributed by atoms with Gasteiger partial charge in [0.25, 0.3) is 11.8 Å². The normalized spacial score (nSPS) is 14.0. The topological polar surface area (TPSA) is 125 Å². The molecule has 128 valence electrons. The Morgan fingerprint density at radius 1 is 1.30 bits per heavy atom. The summed E-state index contributed by atoms with van der Waals surface area (Å²) in [6, 6.07) is 1.57. The van der Waals surface area contributed by atoms with Crippen molar-refractivity contribution in [3.05, 3.63) is 14.7 Å². The second kappa shape index (κ2) is 6.88. The van der Waals surface area contributed by atoms with Gasteiger partial charge in [-0.2, -0.15) is 0 Å². The number of carbonyl (C=O) groups is 3. The van der Waals surface area contributed by atoms with E-state index in [9.17, 15) is 14.4 Å². The maximum absolute atomic E-state index is 12.8. The molecule has 3 amide bonds. The van der Waals surface area contributed by atoms with Crippen molar-refractivity contribution >= 4 is 50.9 Å². The number of primary amides is 2. The highest BCUT2D eigenvalue weighted by Crippen LogP contribution is 2.39. The quantitative estimate of drug-likeness (QED) is 0.695. The molecule has 1 aromatic rings. The molecule has 0 aliphatic carbocycles.